The van der Waals surface area contributed by atoms with Gasteiger partial charge in [-0.3, -0.25) is 4.79 Å². The Morgan fingerprint density at radius 3 is 2.47 bits per heavy atom. The van der Waals surface area contributed by atoms with Crippen LogP contribution in [0.4, 0.5) is 0 Å². The topological polar surface area (TPSA) is 58.4 Å². The van der Waals surface area contributed by atoms with Crippen LogP contribution in [0.25, 0.3) is 0 Å². The molecule has 1 aliphatic carbocycles. The van der Waals surface area contributed by atoms with Crippen LogP contribution >= 0.6 is 0 Å². The second-order valence-electron chi connectivity index (χ2n) is 5.63. The minimum atomic E-state index is 0.137. The molecule has 0 atom stereocenters. The molecule has 0 aromatic carbocycles. The van der Waals surface area contributed by atoms with Crippen LogP contribution in [0.5, 0.6) is 0 Å². The fourth-order valence-electron chi connectivity index (χ4n) is 2.89. The standard InChI is InChI=1S/C13H25N3O/c14-11-13(4-3-5-13)10-12(17)15-6-9-16-7-1-2-8-16/h1-11,14H2,(H,15,17). The van der Waals surface area contributed by atoms with Gasteiger partial charge in [0.25, 0.3) is 0 Å². The summed E-state index contributed by atoms with van der Waals surface area (Å²) in [6, 6.07) is 0. The number of carbonyl (C=O) groups excluding carboxylic acids is 1. The molecule has 4 nitrogen and oxygen atoms in total. The maximum absolute atomic E-state index is 11.8. The van der Waals surface area contributed by atoms with E-state index in [2.05, 4.69) is 10.2 Å². The van der Waals surface area contributed by atoms with E-state index in [1.54, 1.807) is 0 Å². The average Bonchev–Trinajstić information content (AvgIpc) is 2.76. The number of carbonyl (C=O) groups is 1. The van der Waals surface area contributed by atoms with Crippen molar-refractivity contribution in [3.05, 3.63) is 0 Å². The van der Waals surface area contributed by atoms with Crippen LogP contribution in [-0.2, 0) is 4.79 Å². The molecule has 4 heteroatoms. The summed E-state index contributed by atoms with van der Waals surface area (Å²) >= 11 is 0. The first kappa shape index (κ1) is 12.8. The lowest BCUT2D eigenvalue weighted by atomic mass is 9.66. The molecule has 17 heavy (non-hydrogen) atoms. The Kier molecular flexibility index (Phi) is 4.40. The van der Waals surface area contributed by atoms with Gasteiger partial charge < -0.3 is 16.0 Å². The first-order chi connectivity index (χ1) is 8.24. The van der Waals surface area contributed by atoms with Gasteiger partial charge in [-0.2, -0.15) is 0 Å². The Balaban J connectivity index is 1.60. The summed E-state index contributed by atoms with van der Waals surface area (Å²) in [6.45, 7) is 4.85. The number of hydrogen-bond acceptors (Lipinski definition) is 3. The molecule has 0 bridgehead atoms. The van der Waals surface area contributed by atoms with E-state index < -0.39 is 0 Å². The number of likely N-dealkylation sites (tertiary alicyclic amines) is 1. The van der Waals surface area contributed by atoms with Gasteiger partial charge in [0.05, 0.1) is 0 Å². The van der Waals surface area contributed by atoms with Crippen molar-refractivity contribution in [3.63, 3.8) is 0 Å². The fraction of sp³-hybridized carbons (Fsp3) is 0.923. The maximum Gasteiger partial charge on any atom is 0.220 e. The smallest absolute Gasteiger partial charge is 0.220 e. The molecule has 3 N–H and O–H groups in total. The lowest BCUT2D eigenvalue weighted by Crippen LogP contribution is -2.43. The van der Waals surface area contributed by atoms with Crippen molar-refractivity contribution in [2.75, 3.05) is 32.7 Å². The van der Waals surface area contributed by atoms with Gasteiger partial charge in [0.2, 0.25) is 5.91 Å². The van der Waals surface area contributed by atoms with Gasteiger partial charge in [0, 0.05) is 19.5 Å². The maximum atomic E-state index is 11.8. The van der Waals surface area contributed by atoms with Crippen molar-refractivity contribution in [2.45, 2.75) is 38.5 Å². The molecule has 1 saturated carbocycles. The van der Waals surface area contributed by atoms with Crippen molar-refractivity contribution in [1.82, 2.24) is 10.2 Å². The molecule has 0 radical (unpaired) electrons. The molecular weight excluding hydrogens is 214 g/mol. The van der Waals surface area contributed by atoms with Crippen LogP contribution in [-0.4, -0.2) is 43.5 Å². The van der Waals surface area contributed by atoms with E-state index in [1.807, 2.05) is 0 Å². The van der Waals surface area contributed by atoms with E-state index in [0.29, 0.717) is 13.0 Å². The summed E-state index contributed by atoms with van der Waals surface area (Å²) in [5.74, 6) is 0.189. The van der Waals surface area contributed by atoms with Gasteiger partial charge in [-0.25, -0.2) is 0 Å². The molecule has 1 aliphatic heterocycles. The summed E-state index contributed by atoms with van der Waals surface area (Å²) in [4.78, 5) is 14.2. The zero-order valence-electron chi connectivity index (χ0n) is 10.7. The van der Waals surface area contributed by atoms with Crippen LogP contribution in [0.1, 0.15) is 38.5 Å². The molecule has 0 unspecified atom stereocenters. The Bertz CT molecular complexity index is 252. The molecule has 98 valence electrons. The van der Waals surface area contributed by atoms with Crippen molar-refractivity contribution >= 4 is 5.91 Å². The van der Waals surface area contributed by atoms with Crippen molar-refractivity contribution in [3.8, 4) is 0 Å². The van der Waals surface area contributed by atoms with Crippen molar-refractivity contribution in [1.29, 1.82) is 0 Å². The van der Waals surface area contributed by atoms with E-state index in [4.69, 9.17) is 5.73 Å². The number of nitrogens with two attached hydrogens (primary N) is 1. The Morgan fingerprint density at radius 2 is 1.94 bits per heavy atom. The Morgan fingerprint density at radius 1 is 1.24 bits per heavy atom. The highest BCUT2D eigenvalue weighted by Crippen LogP contribution is 2.42. The van der Waals surface area contributed by atoms with Gasteiger partial charge in [0.1, 0.15) is 0 Å². The SMILES string of the molecule is NCC1(CC(=O)NCCN2CCCC2)CCC1. The van der Waals surface area contributed by atoms with E-state index in [9.17, 15) is 4.79 Å². The molecule has 1 amide bonds. The second-order valence-corrected chi connectivity index (χ2v) is 5.63. The molecule has 1 saturated heterocycles. The quantitative estimate of drug-likeness (QED) is 0.718. The number of amides is 1. The third kappa shape index (κ3) is 3.42. The van der Waals surface area contributed by atoms with Gasteiger partial charge in [-0.05, 0) is 50.7 Å². The number of nitrogens with zero attached hydrogens (tertiary/aromatic N) is 1. The van der Waals surface area contributed by atoms with Crippen molar-refractivity contribution in [2.24, 2.45) is 11.1 Å². The fourth-order valence-corrected chi connectivity index (χ4v) is 2.89. The lowest BCUT2D eigenvalue weighted by Gasteiger charge is -2.40. The average molecular weight is 239 g/mol. The minimum absolute atomic E-state index is 0.137. The third-order valence-corrected chi connectivity index (χ3v) is 4.33. The highest BCUT2D eigenvalue weighted by atomic mass is 16.1. The van der Waals surface area contributed by atoms with E-state index >= 15 is 0 Å². The Hall–Kier alpha value is -0.610. The summed E-state index contributed by atoms with van der Waals surface area (Å²) < 4.78 is 0. The van der Waals surface area contributed by atoms with E-state index in [1.165, 1.54) is 32.4 Å². The molecule has 2 rings (SSSR count). The van der Waals surface area contributed by atoms with Crippen LogP contribution in [0.2, 0.25) is 0 Å². The highest BCUT2D eigenvalue weighted by Gasteiger charge is 2.37. The predicted molar refractivity (Wildman–Crippen MR) is 68.6 cm³/mol. The highest BCUT2D eigenvalue weighted by molar-refractivity contribution is 5.76. The summed E-state index contributed by atoms with van der Waals surface area (Å²) in [5.41, 5.74) is 5.89. The number of hydrogen-bond donors (Lipinski definition) is 2. The molecular formula is C13H25N3O. The minimum Gasteiger partial charge on any atom is -0.355 e. The van der Waals surface area contributed by atoms with Crippen LogP contribution in [0.3, 0.4) is 0 Å². The van der Waals surface area contributed by atoms with Gasteiger partial charge in [0.15, 0.2) is 0 Å². The molecule has 1 heterocycles. The zero-order chi connectivity index (χ0) is 12.1. The van der Waals surface area contributed by atoms with Crippen LogP contribution < -0.4 is 11.1 Å². The summed E-state index contributed by atoms with van der Waals surface area (Å²) in [5, 5.41) is 3.03. The van der Waals surface area contributed by atoms with Crippen LogP contribution in [0, 0.1) is 5.41 Å². The van der Waals surface area contributed by atoms with Crippen LogP contribution in [0.15, 0.2) is 0 Å². The molecule has 2 aliphatic rings. The monoisotopic (exact) mass is 239 g/mol. The zero-order valence-corrected chi connectivity index (χ0v) is 10.7. The Labute approximate surface area is 104 Å². The lowest BCUT2D eigenvalue weighted by molar-refractivity contribution is -0.124. The first-order valence-corrected chi connectivity index (χ1v) is 6.93. The summed E-state index contributed by atoms with van der Waals surface area (Å²) in [6.07, 6.45) is 6.74. The van der Waals surface area contributed by atoms with Gasteiger partial charge in [-0.1, -0.05) is 6.42 Å². The molecule has 2 fully saturated rings. The molecule has 0 spiro atoms. The molecule has 0 aromatic rings. The third-order valence-electron chi connectivity index (χ3n) is 4.33. The predicted octanol–water partition coefficient (Wildman–Crippen LogP) is 0.718. The van der Waals surface area contributed by atoms with E-state index in [-0.39, 0.29) is 11.3 Å². The number of rotatable bonds is 6. The number of nitrogens with one attached hydrogen (secondary N) is 1. The van der Waals surface area contributed by atoms with Crippen molar-refractivity contribution < 1.29 is 4.79 Å². The van der Waals surface area contributed by atoms with E-state index in [0.717, 1.165) is 25.9 Å². The van der Waals surface area contributed by atoms with Gasteiger partial charge in [-0.15, -0.1) is 0 Å². The van der Waals surface area contributed by atoms with Gasteiger partial charge >= 0.3 is 0 Å². The second kappa shape index (κ2) is 5.83. The summed E-state index contributed by atoms with van der Waals surface area (Å²) in [7, 11) is 0. The first-order valence-electron chi connectivity index (χ1n) is 6.93. The largest absolute Gasteiger partial charge is 0.355 e. The molecule has 0 aromatic heterocycles. The normalized spacial score (nSPS) is 23.4.